The molecule has 1 aromatic rings. The lowest BCUT2D eigenvalue weighted by Gasteiger charge is -2.19. The van der Waals surface area contributed by atoms with Gasteiger partial charge in [-0.3, -0.25) is 0 Å². The van der Waals surface area contributed by atoms with Crippen LogP contribution in [0.3, 0.4) is 0 Å². The normalized spacial score (nSPS) is 25.3. The zero-order valence-corrected chi connectivity index (χ0v) is 12.9. The van der Waals surface area contributed by atoms with Crippen molar-refractivity contribution in [2.75, 3.05) is 5.33 Å². The minimum Gasteiger partial charge on any atom is -0.375 e. The van der Waals surface area contributed by atoms with Crippen molar-refractivity contribution in [3.8, 4) is 0 Å². The summed E-state index contributed by atoms with van der Waals surface area (Å²) in [5.41, 5.74) is 2.89. The second-order valence-electron chi connectivity index (χ2n) is 5.53. The quantitative estimate of drug-likeness (QED) is 0.727. The molecular weight excluding hydrogens is 288 g/mol. The van der Waals surface area contributed by atoms with Crippen LogP contribution in [0.25, 0.3) is 0 Å². The maximum absolute atomic E-state index is 5.94. The molecule has 18 heavy (non-hydrogen) atoms. The number of ether oxygens (including phenoxy) is 1. The maximum atomic E-state index is 5.94. The molecule has 100 valence electrons. The van der Waals surface area contributed by atoms with E-state index in [0.29, 0.717) is 18.1 Å². The Morgan fingerprint density at radius 1 is 1.33 bits per heavy atom. The lowest BCUT2D eigenvalue weighted by molar-refractivity contribution is 0.0428. The molecule has 1 aliphatic rings. The van der Waals surface area contributed by atoms with Gasteiger partial charge in [0.2, 0.25) is 0 Å². The third-order valence-electron chi connectivity index (χ3n) is 3.90. The van der Waals surface area contributed by atoms with E-state index >= 15 is 0 Å². The molecule has 0 aliphatic carbocycles. The fraction of sp³-hybridized carbons (Fsp3) is 0.625. The SMILES string of the molecule is Cc1ccccc1CC(CBr)CC1CCC(C)O1. The topological polar surface area (TPSA) is 9.23 Å². The summed E-state index contributed by atoms with van der Waals surface area (Å²) in [4.78, 5) is 0. The van der Waals surface area contributed by atoms with E-state index in [9.17, 15) is 0 Å². The van der Waals surface area contributed by atoms with Crippen LogP contribution >= 0.6 is 15.9 Å². The van der Waals surface area contributed by atoms with Crippen LogP contribution < -0.4 is 0 Å². The average Bonchev–Trinajstić information content (AvgIpc) is 2.76. The van der Waals surface area contributed by atoms with Crippen LogP contribution in [0.15, 0.2) is 24.3 Å². The molecule has 0 amide bonds. The van der Waals surface area contributed by atoms with Gasteiger partial charge in [0.05, 0.1) is 12.2 Å². The smallest absolute Gasteiger partial charge is 0.0582 e. The number of rotatable bonds is 5. The number of hydrogen-bond donors (Lipinski definition) is 0. The molecule has 0 N–H and O–H groups in total. The van der Waals surface area contributed by atoms with Crippen molar-refractivity contribution >= 4 is 15.9 Å². The van der Waals surface area contributed by atoms with E-state index in [-0.39, 0.29) is 0 Å². The summed E-state index contributed by atoms with van der Waals surface area (Å²) < 4.78 is 5.94. The molecular formula is C16H23BrO. The summed E-state index contributed by atoms with van der Waals surface area (Å²) in [6, 6.07) is 8.71. The van der Waals surface area contributed by atoms with Crippen LogP contribution in [0, 0.1) is 12.8 Å². The molecule has 0 spiro atoms. The first-order chi connectivity index (χ1) is 8.69. The molecule has 2 rings (SSSR count). The van der Waals surface area contributed by atoms with Crippen LogP contribution in [0.1, 0.15) is 37.3 Å². The Bertz CT molecular complexity index is 377. The van der Waals surface area contributed by atoms with Gasteiger partial charge >= 0.3 is 0 Å². The summed E-state index contributed by atoms with van der Waals surface area (Å²) >= 11 is 3.66. The van der Waals surface area contributed by atoms with Crippen LogP contribution in [-0.2, 0) is 11.2 Å². The predicted molar refractivity (Wildman–Crippen MR) is 80.4 cm³/mol. The van der Waals surface area contributed by atoms with E-state index in [1.54, 1.807) is 0 Å². The molecule has 3 unspecified atom stereocenters. The Morgan fingerprint density at radius 2 is 2.11 bits per heavy atom. The molecule has 0 radical (unpaired) electrons. The van der Waals surface area contributed by atoms with Crippen molar-refractivity contribution < 1.29 is 4.74 Å². The van der Waals surface area contributed by atoms with E-state index in [1.807, 2.05) is 0 Å². The summed E-state index contributed by atoms with van der Waals surface area (Å²) in [6.07, 6.45) is 5.74. The molecule has 0 aromatic heterocycles. The second-order valence-corrected chi connectivity index (χ2v) is 6.18. The summed E-state index contributed by atoms with van der Waals surface area (Å²) in [5.74, 6) is 0.682. The molecule has 0 saturated carbocycles. The van der Waals surface area contributed by atoms with Crippen molar-refractivity contribution in [3.05, 3.63) is 35.4 Å². The minimum absolute atomic E-state index is 0.462. The number of halogens is 1. The Morgan fingerprint density at radius 3 is 2.72 bits per heavy atom. The van der Waals surface area contributed by atoms with Gasteiger partial charge in [0.15, 0.2) is 0 Å². The zero-order chi connectivity index (χ0) is 13.0. The summed E-state index contributed by atoms with van der Waals surface area (Å²) in [6.45, 7) is 4.39. The molecule has 3 atom stereocenters. The Kier molecular flexibility index (Phi) is 5.25. The van der Waals surface area contributed by atoms with Crippen LogP contribution in [-0.4, -0.2) is 17.5 Å². The van der Waals surface area contributed by atoms with Gasteiger partial charge in [-0.2, -0.15) is 0 Å². The number of aryl methyl sites for hydroxylation is 1. The number of alkyl halides is 1. The van der Waals surface area contributed by atoms with E-state index in [0.717, 1.165) is 11.8 Å². The lowest BCUT2D eigenvalue weighted by Crippen LogP contribution is -2.17. The van der Waals surface area contributed by atoms with Gasteiger partial charge in [0.25, 0.3) is 0 Å². The van der Waals surface area contributed by atoms with Crippen molar-refractivity contribution in [1.82, 2.24) is 0 Å². The highest BCUT2D eigenvalue weighted by atomic mass is 79.9. The number of benzene rings is 1. The van der Waals surface area contributed by atoms with Crippen LogP contribution in [0.2, 0.25) is 0 Å². The molecule has 1 nitrogen and oxygen atoms in total. The zero-order valence-electron chi connectivity index (χ0n) is 11.4. The van der Waals surface area contributed by atoms with E-state index in [2.05, 4.69) is 54.0 Å². The Balaban J connectivity index is 1.91. The molecule has 1 saturated heterocycles. The predicted octanol–water partition coefficient (Wildman–Crippen LogP) is 4.51. The van der Waals surface area contributed by atoms with Gasteiger partial charge in [0, 0.05) is 5.33 Å². The maximum Gasteiger partial charge on any atom is 0.0582 e. The number of hydrogen-bond acceptors (Lipinski definition) is 1. The highest BCUT2D eigenvalue weighted by Gasteiger charge is 2.24. The fourth-order valence-electron chi connectivity index (χ4n) is 2.78. The molecule has 1 heterocycles. The van der Waals surface area contributed by atoms with Gasteiger partial charge in [0.1, 0.15) is 0 Å². The Hall–Kier alpha value is -0.340. The van der Waals surface area contributed by atoms with E-state index in [1.165, 1.54) is 30.4 Å². The van der Waals surface area contributed by atoms with Gasteiger partial charge < -0.3 is 4.74 Å². The molecule has 1 fully saturated rings. The first kappa shape index (κ1) is 14.1. The van der Waals surface area contributed by atoms with Gasteiger partial charge in [-0.15, -0.1) is 0 Å². The van der Waals surface area contributed by atoms with Crippen molar-refractivity contribution in [2.24, 2.45) is 5.92 Å². The second kappa shape index (κ2) is 6.72. The van der Waals surface area contributed by atoms with Gasteiger partial charge in [-0.25, -0.2) is 0 Å². The van der Waals surface area contributed by atoms with E-state index < -0.39 is 0 Å². The standard InChI is InChI=1S/C16H23BrO/c1-12-5-3-4-6-15(12)9-14(11-17)10-16-8-7-13(2)18-16/h3-6,13-14,16H,7-11H2,1-2H3. The van der Waals surface area contributed by atoms with Crippen molar-refractivity contribution in [1.29, 1.82) is 0 Å². The molecule has 2 heteroatoms. The van der Waals surface area contributed by atoms with Gasteiger partial charge in [-0.1, -0.05) is 40.2 Å². The van der Waals surface area contributed by atoms with Gasteiger partial charge in [-0.05, 0) is 56.6 Å². The van der Waals surface area contributed by atoms with Crippen molar-refractivity contribution in [3.63, 3.8) is 0 Å². The highest BCUT2D eigenvalue weighted by Crippen LogP contribution is 2.27. The molecule has 1 aromatic carbocycles. The molecule has 1 aliphatic heterocycles. The monoisotopic (exact) mass is 310 g/mol. The average molecular weight is 311 g/mol. The van der Waals surface area contributed by atoms with Crippen molar-refractivity contribution in [2.45, 2.75) is 51.7 Å². The largest absolute Gasteiger partial charge is 0.375 e. The summed E-state index contributed by atoms with van der Waals surface area (Å²) in [5, 5.41) is 1.07. The first-order valence-electron chi connectivity index (χ1n) is 6.95. The van der Waals surface area contributed by atoms with Crippen LogP contribution in [0.5, 0.6) is 0 Å². The third kappa shape index (κ3) is 3.83. The highest BCUT2D eigenvalue weighted by molar-refractivity contribution is 9.09. The lowest BCUT2D eigenvalue weighted by atomic mass is 9.92. The van der Waals surface area contributed by atoms with E-state index in [4.69, 9.17) is 4.74 Å². The molecule has 0 bridgehead atoms. The third-order valence-corrected chi connectivity index (χ3v) is 4.82. The summed E-state index contributed by atoms with van der Waals surface area (Å²) in [7, 11) is 0. The van der Waals surface area contributed by atoms with Crippen LogP contribution in [0.4, 0.5) is 0 Å². The minimum atomic E-state index is 0.462. The fourth-order valence-corrected chi connectivity index (χ4v) is 3.27. The Labute approximate surface area is 119 Å². The first-order valence-corrected chi connectivity index (χ1v) is 8.07.